The minimum atomic E-state index is -0.0969. The molecule has 3 heterocycles. The summed E-state index contributed by atoms with van der Waals surface area (Å²) in [5, 5.41) is 4.32. The Kier molecular flexibility index (Phi) is 4.36. The predicted molar refractivity (Wildman–Crippen MR) is 143 cm³/mol. The molecular weight excluding hydrogens is 450 g/mol. The Labute approximate surface area is 207 Å². The van der Waals surface area contributed by atoms with Gasteiger partial charge in [0, 0.05) is 39.1 Å². The Morgan fingerprint density at radius 1 is 0.806 bits per heavy atom. The summed E-state index contributed by atoms with van der Waals surface area (Å²) in [6.07, 6.45) is 0. The monoisotopic (exact) mass is 475 g/mol. The number of nitrogens with zero attached hydrogens (tertiary/aromatic N) is 1. The van der Waals surface area contributed by atoms with Crippen molar-refractivity contribution in [1.29, 1.82) is 0 Å². The number of nitrogens with one attached hydrogen (secondary N) is 2. The zero-order chi connectivity index (χ0) is 24.6. The molecule has 0 unspecified atom stereocenters. The Morgan fingerprint density at radius 3 is 2.08 bits per heavy atom. The van der Waals surface area contributed by atoms with Gasteiger partial charge in [0.2, 0.25) is 0 Å². The smallest absolute Gasteiger partial charge is 0.255 e. The maximum Gasteiger partial charge on any atom is 0.255 e. The zero-order valence-electron chi connectivity index (χ0n) is 20.3. The van der Waals surface area contributed by atoms with Crippen molar-refractivity contribution in [2.24, 2.45) is 0 Å². The van der Waals surface area contributed by atoms with Crippen molar-refractivity contribution in [1.82, 2.24) is 14.9 Å². The molecule has 6 heteroatoms. The highest BCUT2D eigenvalue weighted by Crippen LogP contribution is 2.48. The molecule has 178 valence electrons. The van der Waals surface area contributed by atoms with E-state index in [0.717, 1.165) is 60.3 Å². The van der Waals surface area contributed by atoms with Gasteiger partial charge in [0.15, 0.2) is 11.5 Å². The van der Waals surface area contributed by atoms with Crippen LogP contribution in [0.15, 0.2) is 66.7 Å². The standard InChI is InChI=1S/C30H25N3O3/c1-16-24-25-18-8-4-6-10-20(18)31-28(25)29-26(19-9-5-7-11-21(19)32-29)27(24)30(34)33(16)15-17-12-13-22(35-2)23(14-17)36-3/h4-14,16,31-32H,15H2,1-3H3/t16-/m1/s1. The van der Waals surface area contributed by atoms with Gasteiger partial charge in [-0.1, -0.05) is 42.5 Å². The second kappa shape index (κ2) is 7.52. The summed E-state index contributed by atoms with van der Waals surface area (Å²) in [5.74, 6) is 1.38. The maximum atomic E-state index is 14.2. The largest absolute Gasteiger partial charge is 0.493 e. The minimum Gasteiger partial charge on any atom is -0.493 e. The van der Waals surface area contributed by atoms with Gasteiger partial charge < -0.3 is 24.3 Å². The van der Waals surface area contributed by atoms with Crippen molar-refractivity contribution in [3.8, 4) is 11.5 Å². The van der Waals surface area contributed by atoms with Crippen LogP contribution in [0.2, 0.25) is 0 Å². The van der Waals surface area contributed by atoms with Crippen molar-refractivity contribution in [3.05, 3.63) is 83.4 Å². The van der Waals surface area contributed by atoms with Crippen LogP contribution in [0.3, 0.4) is 0 Å². The van der Waals surface area contributed by atoms with Gasteiger partial charge in [0.25, 0.3) is 5.91 Å². The third kappa shape index (κ3) is 2.69. The van der Waals surface area contributed by atoms with E-state index in [1.165, 1.54) is 0 Å². The fourth-order valence-electron chi connectivity index (χ4n) is 5.96. The lowest BCUT2D eigenvalue weighted by Gasteiger charge is -2.23. The fraction of sp³-hybridized carbons (Fsp3) is 0.167. The number of aromatic nitrogens is 2. The molecular formula is C30H25N3O3. The number of methoxy groups -OCH3 is 2. The molecule has 1 amide bonds. The molecule has 1 aliphatic heterocycles. The average molecular weight is 476 g/mol. The lowest BCUT2D eigenvalue weighted by molar-refractivity contribution is 0.0724. The second-order valence-electron chi connectivity index (χ2n) is 9.43. The summed E-state index contributed by atoms with van der Waals surface area (Å²) in [6.45, 7) is 2.61. The molecule has 0 saturated heterocycles. The van der Waals surface area contributed by atoms with E-state index in [1.54, 1.807) is 14.2 Å². The number of rotatable bonds is 4. The number of para-hydroxylation sites is 2. The number of hydrogen-bond donors (Lipinski definition) is 2. The van der Waals surface area contributed by atoms with E-state index in [2.05, 4.69) is 47.2 Å². The van der Waals surface area contributed by atoms with E-state index in [1.807, 2.05) is 41.3 Å². The first-order valence-corrected chi connectivity index (χ1v) is 12.1. The van der Waals surface area contributed by atoms with E-state index in [0.29, 0.717) is 18.0 Å². The van der Waals surface area contributed by atoms with E-state index in [9.17, 15) is 4.79 Å². The lowest BCUT2D eigenvalue weighted by atomic mass is 9.94. The Hall–Kier alpha value is -4.45. The topological polar surface area (TPSA) is 70.3 Å². The van der Waals surface area contributed by atoms with Gasteiger partial charge in [0.05, 0.1) is 36.9 Å². The Morgan fingerprint density at radius 2 is 1.42 bits per heavy atom. The predicted octanol–water partition coefficient (Wildman–Crippen LogP) is 6.69. The normalized spacial score (nSPS) is 15.5. The maximum absolute atomic E-state index is 14.2. The average Bonchev–Trinajstić information content (AvgIpc) is 3.55. The van der Waals surface area contributed by atoms with Gasteiger partial charge in [-0.25, -0.2) is 0 Å². The number of aromatic amines is 2. The van der Waals surface area contributed by atoms with Crippen molar-refractivity contribution >= 4 is 49.5 Å². The fourth-order valence-corrected chi connectivity index (χ4v) is 5.96. The summed E-state index contributed by atoms with van der Waals surface area (Å²) < 4.78 is 10.9. The highest BCUT2D eigenvalue weighted by Gasteiger charge is 2.39. The summed E-state index contributed by atoms with van der Waals surface area (Å²) in [7, 11) is 3.25. The highest BCUT2D eigenvalue weighted by molar-refractivity contribution is 6.30. The van der Waals surface area contributed by atoms with Crippen molar-refractivity contribution in [2.45, 2.75) is 19.5 Å². The summed E-state index contributed by atoms with van der Waals surface area (Å²) >= 11 is 0. The first kappa shape index (κ1) is 20.9. The Balaban J connectivity index is 1.50. The van der Waals surface area contributed by atoms with Crippen LogP contribution in [0.4, 0.5) is 0 Å². The lowest BCUT2D eigenvalue weighted by Crippen LogP contribution is -2.26. The first-order chi connectivity index (χ1) is 17.6. The molecule has 2 aromatic heterocycles. The second-order valence-corrected chi connectivity index (χ2v) is 9.43. The van der Waals surface area contributed by atoms with E-state index >= 15 is 0 Å². The van der Waals surface area contributed by atoms with Crippen LogP contribution < -0.4 is 9.47 Å². The van der Waals surface area contributed by atoms with Gasteiger partial charge >= 0.3 is 0 Å². The number of benzene rings is 4. The molecule has 36 heavy (non-hydrogen) atoms. The molecule has 2 N–H and O–H groups in total. The van der Waals surface area contributed by atoms with E-state index in [4.69, 9.17) is 9.47 Å². The van der Waals surface area contributed by atoms with Crippen molar-refractivity contribution in [3.63, 3.8) is 0 Å². The molecule has 6 aromatic rings. The van der Waals surface area contributed by atoms with E-state index in [-0.39, 0.29) is 11.9 Å². The van der Waals surface area contributed by atoms with Crippen LogP contribution >= 0.6 is 0 Å². The van der Waals surface area contributed by atoms with Crippen molar-refractivity contribution < 1.29 is 14.3 Å². The number of H-pyrrole nitrogens is 2. The Bertz CT molecular complexity index is 1850. The van der Waals surface area contributed by atoms with Crippen LogP contribution in [0.1, 0.15) is 34.5 Å². The number of fused-ring (bicyclic) bond motifs is 10. The van der Waals surface area contributed by atoms with Gasteiger partial charge in [-0.05, 0) is 42.3 Å². The number of hydrogen-bond acceptors (Lipinski definition) is 3. The van der Waals surface area contributed by atoms with Crippen LogP contribution in [0.5, 0.6) is 11.5 Å². The van der Waals surface area contributed by atoms with E-state index < -0.39 is 0 Å². The van der Waals surface area contributed by atoms with Crippen LogP contribution in [0, 0.1) is 0 Å². The van der Waals surface area contributed by atoms with Gasteiger partial charge in [0.1, 0.15) is 0 Å². The number of carbonyl (C=O) groups excluding carboxylic acids is 1. The molecule has 1 atom stereocenters. The number of carbonyl (C=O) groups is 1. The molecule has 0 bridgehead atoms. The first-order valence-electron chi connectivity index (χ1n) is 12.1. The summed E-state index contributed by atoms with van der Waals surface area (Å²) in [5.41, 5.74) is 7.01. The molecule has 4 aromatic carbocycles. The third-order valence-corrected chi connectivity index (χ3v) is 7.61. The third-order valence-electron chi connectivity index (χ3n) is 7.61. The molecule has 0 spiro atoms. The minimum absolute atomic E-state index is 0.0502. The van der Waals surface area contributed by atoms with Gasteiger partial charge in [-0.3, -0.25) is 4.79 Å². The molecule has 6 nitrogen and oxygen atoms in total. The highest BCUT2D eigenvalue weighted by atomic mass is 16.5. The molecule has 1 aliphatic rings. The SMILES string of the molecule is COc1ccc(CN2C(=O)c3c(c4c5ccccc5[nH]c4c4[nH]c5ccccc5c34)[C@H]2C)cc1OC. The molecule has 0 fully saturated rings. The van der Waals surface area contributed by atoms with Gasteiger partial charge in [-0.15, -0.1) is 0 Å². The summed E-state index contributed by atoms with van der Waals surface area (Å²) in [4.78, 5) is 23.4. The zero-order valence-corrected chi connectivity index (χ0v) is 20.3. The molecule has 0 radical (unpaired) electrons. The molecule has 0 aliphatic carbocycles. The van der Waals surface area contributed by atoms with Gasteiger partial charge in [-0.2, -0.15) is 0 Å². The van der Waals surface area contributed by atoms with Crippen LogP contribution in [-0.4, -0.2) is 35.0 Å². The van der Waals surface area contributed by atoms with Crippen molar-refractivity contribution in [2.75, 3.05) is 14.2 Å². The summed E-state index contributed by atoms with van der Waals surface area (Å²) in [6, 6.07) is 22.3. The number of amides is 1. The van der Waals surface area contributed by atoms with Crippen LogP contribution in [0.25, 0.3) is 43.6 Å². The molecule has 7 rings (SSSR count). The molecule has 0 saturated carbocycles. The van der Waals surface area contributed by atoms with Crippen LogP contribution in [-0.2, 0) is 6.54 Å². The number of ether oxygens (including phenoxy) is 2. The quantitative estimate of drug-likeness (QED) is 0.298.